The molecule has 2 rings (SSSR count). The van der Waals surface area contributed by atoms with Gasteiger partial charge in [-0.3, -0.25) is 0 Å². The van der Waals surface area contributed by atoms with E-state index in [9.17, 15) is 4.39 Å². The fourth-order valence-corrected chi connectivity index (χ4v) is 2.28. The summed E-state index contributed by atoms with van der Waals surface area (Å²) in [4.78, 5) is 0. The van der Waals surface area contributed by atoms with Gasteiger partial charge in [0.05, 0.1) is 0 Å². The summed E-state index contributed by atoms with van der Waals surface area (Å²) in [6, 6.07) is 5.63. The van der Waals surface area contributed by atoms with Gasteiger partial charge in [-0.2, -0.15) is 0 Å². The molecule has 1 unspecified atom stereocenters. The summed E-state index contributed by atoms with van der Waals surface area (Å²) in [5.41, 5.74) is 2.43. The summed E-state index contributed by atoms with van der Waals surface area (Å²) in [6.45, 7) is 5.33. The third-order valence-electron chi connectivity index (χ3n) is 2.97. The maximum absolute atomic E-state index is 13.1. The molecule has 1 N–H and O–H groups in total. The number of benzene rings is 1. The molecule has 0 fully saturated rings. The largest absolute Gasteiger partial charge is 0.310 e. The number of fused-ring (bicyclic) bond motifs is 1. The van der Waals surface area contributed by atoms with Crippen LogP contribution in [-0.4, -0.2) is 6.04 Å². The van der Waals surface area contributed by atoms with Gasteiger partial charge in [0.1, 0.15) is 5.82 Å². The zero-order valence-electron chi connectivity index (χ0n) is 9.39. The Bertz CT molecular complexity index is 346. The van der Waals surface area contributed by atoms with Gasteiger partial charge in [0, 0.05) is 12.6 Å². The van der Waals surface area contributed by atoms with E-state index < -0.39 is 0 Å². The van der Waals surface area contributed by atoms with Crippen molar-refractivity contribution in [2.45, 2.75) is 39.3 Å². The maximum atomic E-state index is 13.1. The molecule has 1 atom stereocenters. The van der Waals surface area contributed by atoms with E-state index in [0.717, 1.165) is 19.4 Å². The molecule has 2 heteroatoms. The van der Waals surface area contributed by atoms with Gasteiger partial charge in [0.15, 0.2) is 0 Å². The molecular weight excluding hydrogens is 189 g/mol. The number of halogens is 1. The lowest BCUT2D eigenvalue weighted by atomic mass is 9.91. The van der Waals surface area contributed by atoms with Crippen molar-refractivity contribution in [1.82, 2.24) is 5.32 Å². The molecule has 1 aromatic rings. The van der Waals surface area contributed by atoms with Crippen molar-refractivity contribution >= 4 is 0 Å². The highest BCUT2D eigenvalue weighted by molar-refractivity contribution is 5.30. The Morgan fingerprint density at radius 3 is 2.93 bits per heavy atom. The number of hydrogen-bond acceptors (Lipinski definition) is 1. The van der Waals surface area contributed by atoms with Gasteiger partial charge in [-0.05, 0) is 42.0 Å². The summed E-state index contributed by atoms with van der Waals surface area (Å²) in [5, 5.41) is 3.50. The van der Waals surface area contributed by atoms with Crippen LogP contribution in [0.4, 0.5) is 4.39 Å². The van der Waals surface area contributed by atoms with Crippen molar-refractivity contribution in [2.24, 2.45) is 5.92 Å². The first-order valence-electron chi connectivity index (χ1n) is 5.66. The van der Waals surface area contributed by atoms with Crippen LogP contribution in [0.25, 0.3) is 0 Å². The summed E-state index contributed by atoms with van der Waals surface area (Å²) in [7, 11) is 0. The molecule has 1 aliphatic heterocycles. The van der Waals surface area contributed by atoms with Crippen molar-refractivity contribution in [3.63, 3.8) is 0 Å². The predicted molar refractivity (Wildman–Crippen MR) is 60.2 cm³/mol. The first-order valence-corrected chi connectivity index (χ1v) is 5.66. The summed E-state index contributed by atoms with van der Waals surface area (Å²) in [5.74, 6) is 0.580. The lowest BCUT2D eigenvalue weighted by Gasteiger charge is -2.27. The Morgan fingerprint density at radius 1 is 1.40 bits per heavy atom. The van der Waals surface area contributed by atoms with Gasteiger partial charge in [-0.1, -0.05) is 19.9 Å². The van der Waals surface area contributed by atoms with Crippen molar-refractivity contribution in [3.8, 4) is 0 Å². The van der Waals surface area contributed by atoms with Crippen LogP contribution in [-0.2, 0) is 13.0 Å². The molecular formula is C13H18FN. The average Bonchev–Trinajstić information content (AvgIpc) is 2.16. The highest BCUT2D eigenvalue weighted by Crippen LogP contribution is 2.20. The minimum absolute atomic E-state index is 0.112. The van der Waals surface area contributed by atoms with Crippen LogP contribution in [0.15, 0.2) is 18.2 Å². The molecule has 0 radical (unpaired) electrons. The van der Waals surface area contributed by atoms with Crippen LogP contribution in [0.1, 0.15) is 31.4 Å². The Labute approximate surface area is 90.7 Å². The van der Waals surface area contributed by atoms with Gasteiger partial charge in [0.25, 0.3) is 0 Å². The number of rotatable bonds is 2. The van der Waals surface area contributed by atoms with E-state index in [0.29, 0.717) is 12.0 Å². The molecule has 0 aliphatic carbocycles. The molecule has 0 spiro atoms. The minimum atomic E-state index is -0.112. The summed E-state index contributed by atoms with van der Waals surface area (Å²) in [6.07, 6.45) is 2.13. The number of hydrogen-bond donors (Lipinski definition) is 1. The van der Waals surface area contributed by atoms with Crippen LogP contribution in [0, 0.1) is 11.7 Å². The highest BCUT2D eigenvalue weighted by atomic mass is 19.1. The van der Waals surface area contributed by atoms with E-state index >= 15 is 0 Å². The number of nitrogens with one attached hydrogen (secondary N) is 1. The molecule has 0 bridgehead atoms. The summed E-state index contributed by atoms with van der Waals surface area (Å²) >= 11 is 0. The molecule has 1 heterocycles. The smallest absolute Gasteiger partial charge is 0.123 e. The molecule has 1 aromatic carbocycles. The van der Waals surface area contributed by atoms with Crippen molar-refractivity contribution in [1.29, 1.82) is 0 Å². The van der Waals surface area contributed by atoms with E-state index in [1.165, 1.54) is 11.1 Å². The lowest BCUT2D eigenvalue weighted by Crippen LogP contribution is -2.36. The van der Waals surface area contributed by atoms with Gasteiger partial charge >= 0.3 is 0 Å². The molecule has 15 heavy (non-hydrogen) atoms. The maximum Gasteiger partial charge on any atom is 0.123 e. The van der Waals surface area contributed by atoms with Gasteiger partial charge in [-0.25, -0.2) is 4.39 Å². The Hall–Kier alpha value is -0.890. The first kappa shape index (κ1) is 10.6. The van der Waals surface area contributed by atoms with Gasteiger partial charge < -0.3 is 5.32 Å². The second kappa shape index (κ2) is 4.31. The van der Waals surface area contributed by atoms with Crippen LogP contribution < -0.4 is 5.32 Å². The van der Waals surface area contributed by atoms with E-state index in [-0.39, 0.29) is 5.82 Å². The fourth-order valence-electron chi connectivity index (χ4n) is 2.28. The second-order valence-corrected chi connectivity index (χ2v) is 4.82. The average molecular weight is 207 g/mol. The van der Waals surface area contributed by atoms with E-state index in [1.54, 1.807) is 12.1 Å². The van der Waals surface area contributed by atoms with Crippen LogP contribution >= 0.6 is 0 Å². The SMILES string of the molecule is CC(C)CC1Cc2cc(F)ccc2CN1. The molecule has 0 saturated carbocycles. The molecule has 0 aromatic heterocycles. The molecule has 82 valence electrons. The quantitative estimate of drug-likeness (QED) is 0.786. The monoisotopic (exact) mass is 207 g/mol. The standard InChI is InChI=1S/C13H18FN/c1-9(2)5-13-7-11-6-12(14)4-3-10(11)8-15-13/h3-4,6,9,13,15H,5,7-8H2,1-2H3. The topological polar surface area (TPSA) is 12.0 Å². The Morgan fingerprint density at radius 2 is 2.20 bits per heavy atom. The minimum Gasteiger partial charge on any atom is -0.310 e. The Balaban J connectivity index is 2.11. The van der Waals surface area contributed by atoms with Crippen molar-refractivity contribution in [3.05, 3.63) is 35.1 Å². The third-order valence-corrected chi connectivity index (χ3v) is 2.97. The summed E-state index contributed by atoms with van der Waals surface area (Å²) < 4.78 is 13.1. The molecule has 0 saturated heterocycles. The molecule has 0 amide bonds. The molecule has 1 aliphatic rings. The zero-order chi connectivity index (χ0) is 10.8. The first-order chi connectivity index (χ1) is 7.15. The Kier molecular flexibility index (Phi) is 3.06. The van der Waals surface area contributed by atoms with Crippen molar-refractivity contribution < 1.29 is 4.39 Å². The van der Waals surface area contributed by atoms with Crippen LogP contribution in [0.3, 0.4) is 0 Å². The van der Waals surface area contributed by atoms with Crippen molar-refractivity contribution in [2.75, 3.05) is 0 Å². The second-order valence-electron chi connectivity index (χ2n) is 4.82. The zero-order valence-corrected chi connectivity index (χ0v) is 9.39. The third kappa shape index (κ3) is 2.57. The normalized spacial score (nSPS) is 20.4. The fraction of sp³-hybridized carbons (Fsp3) is 0.538. The van der Waals surface area contributed by atoms with E-state index in [2.05, 4.69) is 19.2 Å². The van der Waals surface area contributed by atoms with Gasteiger partial charge in [-0.15, -0.1) is 0 Å². The van der Waals surface area contributed by atoms with E-state index in [1.807, 2.05) is 6.07 Å². The van der Waals surface area contributed by atoms with Crippen LogP contribution in [0.5, 0.6) is 0 Å². The van der Waals surface area contributed by atoms with Gasteiger partial charge in [0.2, 0.25) is 0 Å². The van der Waals surface area contributed by atoms with Crippen LogP contribution in [0.2, 0.25) is 0 Å². The highest BCUT2D eigenvalue weighted by Gasteiger charge is 2.18. The predicted octanol–water partition coefficient (Wildman–Crippen LogP) is 2.89. The van der Waals surface area contributed by atoms with E-state index in [4.69, 9.17) is 0 Å². The molecule has 1 nitrogen and oxygen atoms in total. The lowest BCUT2D eigenvalue weighted by molar-refractivity contribution is 0.397.